The molecule has 0 saturated carbocycles. The number of hydrogen-bond donors (Lipinski definition) is 0. The zero-order valence-electron chi connectivity index (χ0n) is 13.9. The van der Waals surface area contributed by atoms with E-state index in [1.165, 1.54) is 11.2 Å². The highest BCUT2D eigenvalue weighted by molar-refractivity contribution is 7.89. The van der Waals surface area contributed by atoms with Crippen LogP contribution in [0, 0.1) is 6.92 Å². The molecule has 1 aliphatic rings. The molecular weight excluding hydrogens is 316 g/mol. The number of hydrogen-bond acceptors (Lipinski definition) is 4. The highest BCUT2D eigenvalue weighted by atomic mass is 32.2. The summed E-state index contributed by atoms with van der Waals surface area (Å²) in [6.45, 7) is 7.51. The molecule has 0 unspecified atom stereocenters. The van der Waals surface area contributed by atoms with Crippen LogP contribution < -0.4 is 4.74 Å². The van der Waals surface area contributed by atoms with Crippen LogP contribution >= 0.6 is 0 Å². The van der Waals surface area contributed by atoms with Crippen LogP contribution in [0.15, 0.2) is 23.1 Å². The zero-order chi connectivity index (χ0) is 17.0. The Hall–Kier alpha value is -1.60. The van der Waals surface area contributed by atoms with E-state index in [1.54, 1.807) is 30.0 Å². The Morgan fingerprint density at radius 1 is 1.22 bits per heavy atom. The smallest absolute Gasteiger partial charge is 0.243 e. The maximum atomic E-state index is 12.9. The van der Waals surface area contributed by atoms with E-state index in [1.807, 2.05) is 6.92 Å². The van der Waals surface area contributed by atoms with E-state index < -0.39 is 10.0 Å². The van der Waals surface area contributed by atoms with E-state index in [0.717, 1.165) is 0 Å². The standard InChI is InChI=1S/C16H24N2O4S/c1-4-22-15-6-7-16(13(2)12-15)23(20,21)18-9-5-8-17(10-11-18)14(3)19/h6-7,12H,4-5,8-11H2,1-3H3. The average Bonchev–Trinajstić information content (AvgIpc) is 2.73. The molecule has 1 aromatic carbocycles. The van der Waals surface area contributed by atoms with Gasteiger partial charge in [-0.05, 0) is 44.0 Å². The molecule has 2 rings (SSSR count). The Labute approximate surface area is 138 Å². The third kappa shape index (κ3) is 4.03. The Morgan fingerprint density at radius 3 is 2.57 bits per heavy atom. The van der Waals surface area contributed by atoms with Crippen LogP contribution in [0.2, 0.25) is 0 Å². The van der Waals surface area contributed by atoms with E-state index in [9.17, 15) is 13.2 Å². The van der Waals surface area contributed by atoms with Crippen molar-refractivity contribution in [3.8, 4) is 5.75 Å². The molecule has 0 aromatic heterocycles. The second-order valence-electron chi connectivity index (χ2n) is 5.62. The fourth-order valence-corrected chi connectivity index (χ4v) is 4.43. The van der Waals surface area contributed by atoms with Gasteiger partial charge < -0.3 is 9.64 Å². The van der Waals surface area contributed by atoms with Crippen molar-refractivity contribution in [1.82, 2.24) is 9.21 Å². The molecule has 1 saturated heterocycles. The quantitative estimate of drug-likeness (QED) is 0.836. The van der Waals surface area contributed by atoms with Gasteiger partial charge in [-0.2, -0.15) is 4.31 Å². The summed E-state index contributed by atoms with van der Waals surface area (Å²) in [6.07, 6.45) is 0.648. The third-order valence-electron chi connectivity index (χ3n) is 3.98. The summed E-state index contributed by atoms with van der Waals surface area (Å²) in [4.78, 5) is 13.5. The van der Waals surface area contributed by atoms with Gasteiger partial charge in [0.15, 0.2) is 0 Å². The first-order valence-corrected chi connectivity index (χ1v) is 9.29. The van der Waals surface area contributed by atoms with Crippen molar-refractivity contribution in [3.05, 3.63) is 23.8 Å². The average molecular weight is 340 g/mol. The van der Waals surface area contributed by atoms with Gasteiger partial charge in [-0.3, -0.25) is 4.79 Å². The molecule has 1 heterocycles. The van der Waals surface area contributed by atoms with Gasteiger partial charge in [0.1, 0.15) is 5.75 Å². The normalized spacial score (nSPS) is 16.9. The van der Waals surface area contributed by atoms with Gasteiger partial charge in [-0.15, -0.1) is 0 Å². The Bertz CT molecular complexity index is 673. The van der Waals surface area contributed by atoms with Crippen molar-refractivity contribution >= 4 is 15.9 Å². The van der Waals surface area contributed by atoms with E-state index in [2.05, 4.69) is 0 Å². The van der Waals surface area contributed by atoms with Crippen LogP contribution in [0.3, 0.4) is 0 Å². The minimum absolute atomic E-state index is 0.0125. The molecule has 1 aromatic rings. The third-order valence-corrected chi connectivity index (χ3v) is 6.03. The summed E-state index contributed by atoms with van der Waals surface area (Å²) in [7, 11) is -3.56. The van der Waals surface area contributed by atoms with Crippen molar-refractivity contribution in [1.29, 1.82) is 0 Å². The van der Waals surface area contributed by atoms with E-state index in [-0.39, 0.29) is 5.91 Å². The highest BCUT2D eigenvalue weighted by Gasteiger charge is 2.28. The van der Waals surface area contributed by atoms with Crippen molar-refractivity contribution in [2.45, 2.75) is 32.1 Å². The maximum Gasteiger partial charge on any atom is 0.243 e. The number of carbonyl (C=O) groups is 1. The summed E-state index contributed by atoms with van der Waals surface area (Å²) in [5.41, 5.74) is 0.670. The van der Waals surface area contributed by atoms with Gasteiger partial charge in [0.25, 0.3) is 0 Å². The van der Waals surface area contributed by atoms with Gasteiger partial charge in [0.2, 0.25) is 15.9 Å². The van der Waals surface area contributed by atoms with Gasteiger partial charge in [0, 0.05) is 33.1 Å². The largest absolute Gasteiger partial charge is 0.494 e. The molecule has 128 valence electrons. The van der Waals surface area contributed by atoms with Crippen LogP contribution in [-0.4, -0.2) is 56.3 Å². The molecule has 0 atom stereocenters. The van der Waals surface area contributed by atoms with E-state index in [4.69, 9.17) is 4.74 Å². The predicted molar refractivity (Wildman–Crippen MR) is 88.0 cm³/mol. The van der Waals surface area contributed by atoms with Crippen molar-refractivity contribution < 1.29 is 17.9 Å². The molecule has 6 nitrogen and oxygen atoms in total. The van der Waals surface area contributed by atoms with Crippen molar-refractivity contribution in [3.63, 3.8) is 0 Å². The fraction of sp³-hybridized carbons (Fsp3) is 0.562. The zero-order valence-corrected chi connectivity index (χ0v) is 14.7. The molecule has 0 spiro atoms. The van der Waals surface area contributed by atoms with E-state index in [0.29, 0.717) is 55.4 Å². The van der Waals surface area contributed by atoms with Crippen LogP contribution in [0.25, 0.3) is 0 Å². The molecule has 1 aliphatic heterocycles. The summed E-state index contributed by atoms with van der Waals surface area (Å²) in [5, 5.41) is 0. The Balaban J connectivity index is 2.22. The van der Waals surface area contributed by atoms with Crippen LogP contribution in [0.5, 0.6) is 5.75 Å². The van der Waals surface area contributed by atoms with Gasteiger partial charge in [-0.1, -0.05) is 0 Å². The van der Waals surface area contributed by atoms with Crippen LogP contribution in [0.1, 0.15) is 25.8 Å². The first-order valence-electron chi connectivity index (χ1n) is 7.85. The fourth-order valence-electron chi connectivity index (χ4n) is 2.76. The molecule has 0 bridgehead atoms. The monoisotopic (exact) mass is 340 g/mol. The summed E-state index contributed by atoms with van der Waals surface area (Å²) in [6, 6.07) is 5.03. The molecule has 0 aliphatic carbocycles. The number of ether oxygens (including phenoxy) is 1. The Morgan fingerprint density at radius 2 is 1.96 bits per heavy atom. The SMILES string of the molecule is CCOc1ccc(S(=O)(=O)N2CCCN(C(C)=O)CC2)c(C)c1. The lowest BCUT2D eigenvalue weighted by Crippen LogP contribution is -2.36. The molecule has 1 amide bonds. The first kappa shape index (κ1) is 17.7. The lowest BCUT2D eigenvalue weighted by molar-refractivity contribution is -0.128. The van der Waals surface area contributed by atoms with Crippen LogP contribution in [0.4, 0.5) is 0 Å². The predicted octanol–water partition coefficient (Wildman–Crippen LogP) is 1.64. The maximum absolute atomic E-state index is 12.9. The molecule has 23 heavy (non-hydrogen) atoms. The van der Waals surface area contributed by atoms with E-state index >= 15 is 0 Å². The first-order chi connectivity index (χ1) is 10.9. The van der Waals surface area contributed by atoms with Gasteiger partial charge in [-0.25, -0.2) is 8.42 Å². The van der Waals surface area contributed by atoms with Crippen molar-refractivity contribution in [2.75, 3.05) is 32.8 Å². The summed E-state index contributed by atoms with van der Waals surface area (Å²) in [5.74, 6) is 0.657. The summed E-state index contributed by atoms with van der Waals surface area (Å²) >= 11 is 0. The lowest BCUT2D eigenvalue weighted by atomic mass is 10.2. The minimum atomic E-state index is -3.56. The van der Waals surface area contributed by atoms with Crippen LogP contribution in [-0.2, 0) is 14.8 Å². The second kappa shape index (κ2) is 7.31. The number of rotatable bonds is 4. The number of sulfonamides is 1. The summed E-state index contributed by atoms with van der Waals surface area (Å²) < 4.78 is 32.7. The molecule has 0 N–H and O–H groups in total. The lowest BCUT2D eigenvalue weighted by Gasteiger charge is -2.22. The van der Waals surface area contributed by atoms with Gasteiger partial charge in [0.05, 0.1) is 11.5 Å². The second-order valence-corrected chi connectivity index (χ2v) is 7.53. The number of carbonyl (C=O) groups excluding carboxylic acids is 1. The number of amides is 1. The molecule has 7 heteroatoms. The van der Waals surface area contributed by atoms with Crippen molar-refractivity contribution in [2.24, 2.45) is 0 Å². The minimum Gasteiger partial charge on any atom is -0.494 e. The number of aryl methyl sites for hydroxylation is 1. The Kier molecular flexibility index (Phi) is 5.64. The topological polar surface area (TPSA) is 66.9 Å². The molecule has 0 radical (unpaired) electrons. The molecule has 1 fully saturated rings. The molecular formula is C16H24N2O4S. The number of benzene rings is 1. The van der Waals surface area contributed by atoms with Gasteiger partial charge >= 0.3 is 0 Å². The highest BCUT2D eigenvalue weighted by Crippen LogP contribution is 2.25. The number of nitrogens with zero attached hydrogens (tertiary/aromatic N) is 2.